The Labute approximate surface area is 153 Å². The highest BCUT2D eigenvalue weighted by Gasteiger charge is 2.37. The van der Waals surface area contributed by atoms with Crippen LogP contribution in [0.2, 0.25) is 0 Å². The molecule has 26 heavy (non-hydrogen) atoms. The van der Waals surface area contributed by atoms with E-state index < -0.39 is 0 Å². The Morgan fingerprint density at radius 2 is 1.77 bits per heavy atom. The summed E-state index contributed by atoms with van der Waals surface area (Å²) in [6.07, 6.45) is 5.50. The van der Waals surface area contributed by atoms with E-state index in [1.54, 1.807) is 4.90 Å². The van der Waals surface area contributed by atoms with Gasteiger partial charge in [-0.05, 0) is 43.2 Å². The quantitative estimate of drug-likeness (QED) is 0.847. The first-order chi connectivity index (χ1) is 12.7. The highest BCUT2D eigenvalue weighted by atomic mass is 16.5. The molecule has 0 bridgehead atoms. The zero-order valence-corrected chi connectivity index (χ0v) is 14.7. The molecule has 0 unspecified atom stereocenters. The summed E-state index contributed by atoms with van der Waals surface area (Å²) in [6, 6.07) is 11.1. The second kappa shape index (κ2) is 7.33. The van der Waals surface area contributed by atoms with E-state index in [1.807, 2.05) is 58.3 Å². The molecule has 2 aliphatic rings. The molecule has 0 radical (unpaired) electrons. The Hall–Kier alpha value is -2.60. The molecule has 4 rings (SSSR count). The van der Waals surface area contributed by atoms with Crippen molar-refractivity contribution in [3.05, 3.63) is 54.4 Å². The van der Waals surface area contributed by atoms with Gasteiger partial charge in [-0.15, -0.1) is 0 Å². The van der Waals surface area contributed by atoms with Gasteiger partial charge in [0.25, 0.3) is 5.91 Å². The topological polar surface area (TPSA) is 54.8 Å². The smallest absolute Gasteiger partial charge is 0.254 e. The zero-order valence-electron chi connectivity index (χ0n) is 14.7. The summed E-state index contributed by atoms with van der Waals surface area (Å²) in [4.78, 5) is 29.5. The minimum Gasteiger partial charge on any atom is -0.378 e. The van der Waals surface area contributed by atoms with Gasteiger partial charge in [0, 0.05) is 43.3 Å². The SMILES string of the molecule is O=C([C@H]1CCCN1C(=O)c1cccc(-n2cccc2)c1)N1CCOCC1. The molecule has 3 heterocycles. The van der Waals surface area contributed by atoms with Crippen LogP contribution in [0.1, 0.15) is 23.2 Å². The maximum Gasteiger partial charge on any atom is 0.254 e. The monoisotopic (exact) mass is 353 g/mol. The van der Waals surface area contributed by atoms with Gasteiger partial charge in [0.15, 0.2) is 0 Å². The van der Waals surface area contributed by atoms with Gasteiger partial charge in [0.2, 0.25) is 5.91 Å². The van der Waals surface area contributed by atoms with Crippen LogP contribution in [-0.4, -0.2) is 65.1 Å². The van der Waals surface area contributed by atoms with Crippen molar-refractivity contribution in [2.24, 2.45) is 0 Å². The summed E-state index contributed by atoms with van der Waals surface area (Å²) >= 11 is 0. The third kappa shape index (κ3) is 3.24. The van der Waals surface area contributed by atoms with Crippen LogP contribution in [-0.2, 0) is 9.53 Å². The van der Waals surface area contributed by atoms with Crippen molar-refractivity contribution >= 4 is 11.8 Å². The van der Waals surface area contributed by atoms with Crippen LogP contribution in [0.25, 0.3) is 5.69 Å². The molecular formula is C20H23N3O3. The maximum absolute atomic E-state index is 13.1. The number of likely N-dealkylation sites (tertiary alicyclic amines) is 1. The van der Waals surface area contributed by atoms with Crippen molar-refractivity contribution in [3.63, 3.8) is 0 Å². The Morgan fingerprint density at radius 3 is 2.54 bits per heavy atom. The molecule has 1 aromatic heterocycles. The van der Waals surface area contributed by atoms with Gasteiger partial charge in [0.05, 0.1) is 13.2 Å². The predicted molar refractivity (Wildman–Crippen MR) is 97.2 cm³/mol. The van der Waals surface area contributed by atoms with Gasteiger partial charge < -0.3 is 19.1 Å². The lowest BCUT2D eigenvalue weighted by molar-refractivity contribution is -0.139. The number of nitrogens with zero attached hydrogens (tertiary/aromatic N) is 3. The van der Waals surface area contributed by atoms with Gasteiger partial charge in [-0.3, -0.25) is 9.59 Å². The van der Waals surface area contributed by atoms with Gasteiger partial charge >= 0.3 is 0 Å². The minimum absolute atomic E-state index is 0.0562. The second-order valence-electron chi connectivity index (χ2n) is 6.73. The van der Waals surface area contributed by atoms with E-state index in [2.05, 4.69) is 0 Å². The first kappa shape index (κ1) is 16.8. The van der Waals surface area contributed by atoms with E-state index in [0.29, 0.717) is 38.4 Å². The summed E-state index contributed by atoms with van der Waals surface area (Å²) in [6.45, 7) is 3.00. The molecule has 2 aromatic rings. The summed E-state index contributed by atoms with van der Waals surface area (Å²) in [5.41, 5.74) is 1.56. The third-order valence-corrected chi connectivity index (χ3v) is 5.12. The fraction of sp³-hybridized carbons (Fsp3) is 0.400. The number of morpholine rings is 1. The third-order valence-electron chi connectivity index (χ3n) is 5.12. The summed E-state index contributed by atoms with van der Waals surface area (Å²) in [7, 11) is 0. The molecule has 6 nitrogen and oxygen atoms in total. The average Bonchev–Trinajstić information content (AvgIpc) is 3.39. The summed E-state index contributed by atoms with van der Waals surface area (Å²) in [5, 5.41) is 0. The van der Waals surface area contributed by atoms with Crippen LogP contribution in [0.4, 0.5) is 0 Å². The lowest BCUT2D eigenvalue weighted by atomic mass is 10.1. The molecular weight excluding hydrogens is 330 g/mol. The van der Waals surface area contributed by atoms with E-state index in [9.17, 15) is 9.59 Å². The summed E-state index contributed by atoms with van der Waals surface area (Å²) in [5.74, 6) is -0.0103. The van der Waals surface area contributed by atoms with Gasteiger partial charge in [-0.2, -0.15) is 0 Å². The van der Waals surface area contributed by atoms with Gasteiger partial charge in [-0.25, -0.2) is 0 Å². The van der Waals surface area contributed by atoms with Crippen LogP contribution in [0.15, 0.2) is 48.8 Å². The number of ether oxygens (including phenoxy) is 1. The molecule has 2 amide bonds. The standard InChI is InChI=1S/C20H23N3O3/c24-19(16-5-3-6-17(15-16)21-8-1-2-9-21)23-10-4-7-18(23)20(25)22-11-13-26-14-12-22/h1-3,5-6,8-9,15,18H,4,7,10-14H2/t18-/m1/s1. The van der Waals surface area contributed by atoms with Crippen LogP contribution >= 0.6 is 0 Å². The molecule has 136 valence electrons. The minimum atomic E-state index is -0.351. The zero-order chi connectivity index (χ0) is 17.9. The molecule has 1 aromatic carbocycles. The van der Waals surface area contributed by atoms with Gasteiger partial charge in [0.1, 0.15) is 6.04 Å². The number of benzene rings is 1. The second-order valence-corrected chi connectivity index (χ2v) is 6.73. The molecule has 0 spiro atoms. The number of rotatable bonds is 3. The van der Waals surface area contributed by atoms with E-state index in [4.69, 9.17) is 4.74 Å². The molecule has 0 saturated carbocycles. The maximum atomic E-state index is 13.1. The Kier molecular flexibility index (Phi) is 4.75. The molecule has 6 heteroatoms. The molecule has 0 N–H and O–H groups in total. The average molecular weight is 353 g/mol. The largest absolute Gasteiger partial charge is 0.378 e. The van der Waals surface area contributed by atoms with E-state index in [-0.39, 0.29) is 17.9 Å². The molecule has 0 aliphatic carbocycles. The van der Waals surface area contributed by atoms with Crippen molar-refractivity contribution in [1.82, 2.24) is 14.4 Å². The number of aromatic nitrogens is 1. The Balaban J connectivity index is 1.53. The van der Waals surface area contributed by atoms with Crippen molar-refractivity contribution < 1.29 is 14.3 Å². The molecule has 2 saturated heterocycles. The first-order valence-electron chi connectivity index (χ1n) is 9.15. The molecule has 1 atom stereocenters. The molecule has 2 fully saturated rings. The summed E-state index contributed by atoms with van der Waals surface area (Å²) < 4.78 is 7.30. The van der Waals surface area contributed by atoms with Crippen molar-refractivity contribution in [1.29, 1.82) is 0 Å². The van der Waals surface area contributed by atoms with Crippen LogP contribution < -0.4 is 0 Å². The number of carbonyl (C=O) groups is 2. The van der Waals surface area contributed by atoms with Crippen molar-refractivity contribution in [2.75, 3.05) is 32.8 Å². The van der Waals surface area contributed by atoms with E-state index in [0.717, 1.165) is 18.5 Å². The fourth-order valence-corrected chi connectivity index (χ4v) is 3.73. The van der Waals surface area contributed by atoms with Crippen molar-refractivity contribution in [2.45, 2.75) is 18.9 Å². The van der Waals surface area contributed by atoms with Crippen LogP contribution in [0.5, 0.6) is 0 Å². The number of hydrogen-bond donors (Lipinski definition) is 0. The number of carbonyl (C=O) groups excluding carboxylic acids is 2. The highest BCUT2D eigenvalue weighted by molar-refractivity contribution is 5.98. The lowest BCUT2D eigenvalue weighted by Crippen LogP contribution is -2.51. The predicted octanol–water partition coefficient (Wildman–Crippen LogP) is 1.94. The van der Waals surface area contributed by atoms with E-state index in [1.165, 1.54) is 0 Å². The first-order valence-corrected chi connectivity index (χ1v) is 9.15. The van der Waals surface area contributed by atoms with Crippen molar-refractivity contribution in [3.8, 4) is 5.69 Å². The number of hydrogen-bond acceptors (Lipinski definition) is 3. The lowest BCUT2D eigenvalue weighted by Gasteiger charge is -2.32. The Morgan fingerprint density at radius 1 is 1.00 bits per heavy atom. The van der Waals surface area contributed by atoms with E-state index >= 15 is 0 Å². The van der Waals surface area contributed by atoms with Gasteiger partial charge in [-0.1, -0.05) is 6.07 Å². The number of amides is 2. The van der Waals surface area contributed by atoms with Crippen LogP contribution in [0, 0.1) is 0 Å². The fourth-order valence-electron chi connectivity index (χ4n) is 3.73. The Bertz CT molecular complexity index is 781. The normalized spacial score (nSPS) is 20.4. The van der Waals surface area contributed by atoms with Crippen LogP contribution in [0.3, 0.4) is 0 Å². The highest BCUT2D eigenvalue weighted by Crippen LogP contribution is 2.23. The molecule has 2 aliphatic heterocycles.